The van der Waals surface area contributed by atoms with Crippen LogP contribution in [-0.4, -0.2) is 27.4 Å². The summed E-state index contributed by atoms with van der Waals surface area (Å²) in [6.07, 6.45) is 3.71. The van der Waals surface area contributed by atoms with Crippen LogP contribution < -0.4 is 11.1 Å². The highest BCUT2D eigenvalue weighted by Crippen LogP contribution is 2.13. The molecule has 6 nitrogen and oxygen atoms in total. The third kappa shape index (κ3) is 4.50. The fourth-order valence-corrected chi connectivity index (χ4v) is 2.29. The molecular formula is C13H15N5OS. The van der Waals surface area contributed by atoms with Gasteiger partial charge in [-0.05, 0) is 6.07 Å². The highest BCUT2D eigenvalue weighted by molar-refractivity contribution is 7.10. The van der Waals surface area contributed by atoms with Crippen molar-refractivity contribution in [2.24, 2.45) is 5.73 Å². The number of hydrogen-bond acceptors (Lipinski definition) is 5. The van der Waals surface area contributed by atoms with Crippen molar-refractivity contribution in [2.45, 2.75) is 19.5 Å². The standard InChI is InChI=1S/C13H15N5OS/c14-4-1-2-11-8-12(20-10-11)9-15-13(19)3-6-18-7-5-16-17-18/h5,7-8,10H,3-4,6,9,14H2,(H,15,19). The Morgan fingerprint density at radius 2 is 2.45 bits per heavy atom. The molecule has 2 aromatic rings. The topological polar surface area (TPSA) is 85.8 Å². The van der Waals surface area contributed by atoms with E-state index in [1.54, 1.807) is 28.4 Å². The number of nitrogens with one attached hydrogen (secondary N) is 1. The average Bonchev–Trinajstić information content (AvgIpc) is 3.12. The molecule has 0 saturated heterocycles. The van der Waals surface area contributed by atoms with Gasteiger partial charge in [0.25, 0.3) is 0 Å². The smallest absolute Gasteiger partial charge is 0.222 e. The summed E-state index contributed by atoms with van der Waals surface area (Å²) in [5, 5.41) is 12.3. The Labute approximate surface area is 121 Å². The van der Waals surface area contributed by atoms with Crippen molar-refractivity contribution in [2.75, 3.05) is 6.54 Å². The molecule has 0 unspecified atom stereocenters. The van der Waals surface area contributed by atoms with E-state index in [1.807, 2.05) is 11.4 Å². The first-order valence-corrected chi connectivity index (χ1v) is 7.03. The Bertz CT molecular complexity index is 608. The molecule has 2 rings (SSSR count). The lowest BCUT2D eigenvalue weighted by molar-refractivity contribution is -0.121. The molecule has 0 aliphatic rings. The van der Waals surface area contributed by atoms with Crippen LogP contribution in [0.3, 0.4) is 0 Å². The van der Waals surface area contributed by atoms with Gasteiger partial charge in [0.2, 0.25) is 5.91 Å². The molecular weight excluding hydrogens is 274 g/mol. The molecule has 0 atom stereocenters. The second-order valence-electron chi connectivity index (χ2n) is 4.00. The highest BCUT2D eigenvalue weighted by Gasteiger charge is 2.04. The third-order valence-corrected chi connectivity index (χ3v) is 3.42. The molecule has 0 bridgehead atoms. The summed E-state index contributed by atoms with van der Waals surface area (Å²) < 4.78 is 1.63. The van der Waals surface area contributed by atoms with E-state index in [0.29, 0.717) is 26.1 Å². The van der Waals surface area contributed by atoms with Gasteiger partial charge in [-0.25, -0.2) is 0 Å². The maximum Gasteiger partial charge on any atom is 0.222 e. The van der Waals surface area contributed by atoms with Crippen LogP contribution in [0.5, 0.6) is 0 Å². The monoisotopic (exact) mass is 289 g/mol. The van der Waals surface area contributed by atoms with Crippen LogP contribution in [0.4, 0.5) is 0 Å². The second kappa shape index (κ2) is 7.43. The van der Waals surface area contributed by atoms with E-state index in [9.17, 15) is 4.79 Å². The number of rotatable bonds is 5. The number of nitrogens with two attached hydrogens (primary N) is 1. The molecule has 104 valence electrons. The Hall–Kier alpha value is -2.17. The minimum absolute atomic E-state index is 0.0107. The lowest BCUT2D eigenvalue weighted by Gasteiger charge is -2.03. The lowest BCUT2D eigenvalue weighted by atomic mass is 10.3. The SMILES string of the molecule is NCC#Cc1csc(CNC(=O)CCn2ccnn2)c1. The van der Waals surface area contributed by atoms with Gasteiger partial charge in [-0.2, -0.15) is 0 Å². The number of aryl methyl sites for hydroxylation is 1. The molecule has 0 spiro atoms. The molecule has 20 heavy (non-hydrogen) atoms. The van der Waals surface area contributed by atoms with Crippen LogP contribution in [0.2, 0.25) is 0 Å². The Morgan fingerprint density at radius 1 is 1.55 bits per heavy atom. The molecule has 2 heterocycles. The van der Waals surface area contributed by atoms with Crippen molar-refractivity contribution < 1.29 is 4.79 Å². The maximum atomic E-state index is 11.7. The number of amides is 1. The van der Waals surface area contributed by atoms with Crippen molar-refractivity contribution in [1.82, 2.24) is 20.3 Å². The number of aromatic nitrogens is 3. The number of thiophene rings is 1. The minimum Gasteiger partial charge on any atom is -0.351 e. The Kier molecular flexibility index (Phi) is 5.29. The quantitative estimate of drug-likeness (QED) is 0.778. The molecule has 3 N–H and O–H groups in total. The fourth-order valence-electron chi connectivity index (χ4n) is 1.53. The van der Waals surface area contributed by atoms with Crippen LogP contribution in [0.25, 0.3) is 0 Å². The summed E-state index contributed by atoms with van der Waals surface area (Å²) in [5.74, 6) is 5.75. The normalized spacial score (nSPS) is 9.85. The van der Waals surface area contributed by atoms with Crippen molar-refractivity contribution in [1.29, 1.82) is 0 Å². The first kappa shape index (κ1) is 14.2. The third-order valence-electron chi connectivity index (χ3n) is 2.49. The van der Waals surface area contributed by atoms with Gasteiger partial charge in [0.15, 0.2) is 0 Å². The Balaban J connectivity index is 1.74. The van der Waals surface area contributed by atoms with Gasteiger partial charge in [0.1, 0.15) is 0 Å². The van der Waals surface area contributed by atoms with Crippen molar-refractivity contribution in [3.63, 3.8) is 0 Å². The predicted octanol–water partition coefficient (Wildman–Crippen LogP) is 0.356. The summed E-state index contributed by atoms with van der Waals surface area (Å²) in [6, 6.07) is 1.96. The van der Waals surface area contributed by atoms with Gasteiger partial charge >= 0.3 is 0 Å². The number of carbonyl (C=O) groups excluding carboxylic acids is 1. The zero-order chi connectivity index (χ0) is 14.2. The molecule has 0 aliphatic heterocycles. The summed E-state index contributed by atoms with van der Waals surface area (Å²) >= 11 is 1.57. The molecule has 0 aromatic carbocycles. The van der Waals surface area contributed by atoms with Crippen molar-refractivity contribution >= 4 is 17.2 Å². The average molecular weight is 289 g/mol. The van der Waals surface area contributed by atoms with Crippen molar-refractivity contribution in [3.8, 4) is 11.8 Å². The summed E-state index contributed by atoms with van der Waals surface area (Å²) in [4.78, 5) is 12.7. The van der Waals surface area contributed by atoms with Crippen molar-refractivity contribution in [3.05, 3.63) is 34.3 Å². The van der Waals surface area contributed by atoms with E-state index >= 15 is 0 Å². The van der Waals surface area contributed by atoms with E-state index in [2.05, 4.69) is 27.5 Å². The number of hydrogen-bond donors (Lipinski definition) is 2. The molecule has 0 saturated carbocycles. The molecule has 0 fully saturated rings. The van der Waals surface area contributed by atoms with Gasteiger partial charge in [0.05, 0.1) is 25.8 Å². The van der Waals surface area contributed by atoms with E-state index in [4.69, 9.17) is 5.73 Å². The summed E-state index contributed by atoms with van der Waals surface area (Å²) in [7, 11) is 0. The Morgan fingerprint density at radius 3 is 3.20 bits per heavy atom. The van der Waals surface area contributed by atoms with Gasteiger partial charge in [-0.1, -0.05) is 17.1 Å². The summed E-state index contributed by atoms with van der Waals surface area (Å²) in [5.41, 5.74) is 6.25. The minimum atomic E-state index is -0.0107. The first-order chi connectivity index (χ1) is 9.78. The highest BCUT2D eigenvalue weighted by atomic mass is 32.1. The van der Waals surface area contributed by atoms with Gasteiger partial charge < -0.3 is 11.1 Å². The zero-order valence-electron chi connectivity index (χ0n) is 10.9. The van der Waals surface area contributed by atoms with E-state index in [1.165, 1.54) is 0 Å². The van der Waals surface area contributed by atoms with E-state index in [-0.39, 0.29) is 5.91 Å². The zero-order valence-corrected chi connectivity index (χ0v) is 11.7. The van der Waals surface area contributed by atoms with E-state index in [0.717, 1.165) is 10.4 Å². The molecule has 7 heteroatoms. The largest absolute Gasteiger partial charge is 0.351 e. The van der Waals surface area contributed by atoms with E-state index < -0.39 is 0 Å². The fraction of sp³-hybridized carbons (Fsp3) is 0.308. The predicted molar refractivity (Wildman–Crippen MR) is 76.7 cm³/mol. The molecule has 0 aliphatic carbocycles. The summed E-state index contributed by atoms with van der Waals surface area (Å²) in [6.45, 7) is 1.40. The van der Waals surface area contributed by atoms with Crippen LogP contribution in [0.1, 0.15) is 16.9 Å². The van der Waals surface area contributed by atoms with Crippen LogP contribution in [0, 0.1) is 11.8 Å². The molecule has 1 amide bonds. The molecule has 0 radical (unpaired) electrons. The van der Waals surface area contributed by atoms with Gasteiger partial charge in [0, 0.05) is 28.4 Å². The lowest BCUT2D eigenvalue weighted by Crippen LogP contribution is -2.23. The van der Waals surface area contributed by atoms with Crippen LogP contribution in [-0.2, 0) is 17.9 Å². The van der Waals surface area contributed by atoms with Crippen LogP contribution >= 0.6 is 11.3 Å². The van der Waals surface area contributed by atoms with Crippen LogP contribution in [0.15, 0.2) is 23.8 Å². The molecule has 2 aromatic heterocycles. The second-order valence-corrected chi connectivity index (χ2v) is 5.00. The first-order valence-electron chi connectivity index (χ1n) is 6.15. The van der Waals surface area contributed by atoms with Gasteiger partial charge in [-0.15, -0.1) is 16.4 Å². The number of nitrogens with zero attached hydrogens (tertiary/aromatic N) is 3. The maximum absolute atomic E-state index is 11.7. The van der Waals surface area contributed by atoms with Gasteiger partial charge in [-0.3, -0.25) is 9.48 Å². The number of carbonyl (C=O) groups is 1.